The lowest BCUT2D eigenvalue weighted by Crippen LogP contribution is -2.28. The smallest absolute Gasteiger partial charge is 0.222 e. The molecule has 0 aromatic carbocycles. The number of pyridine rings is 1. The van der Waals surface area contributed by atoms with Gasteiger partial charge >= 0.3 is 0 Å². The van der Waals surface area contributed by atoms with Crippen LogP contribution in [-0.4, -0.2) is 18.7 Å². The molecular formula is C11H15BN2O. The zero-order chi connectivity index (χ0) is 11.4. The third kappa shape index (κ3) is 3.38. The highest BCUT2D eigenvalue weighted by molar-refractivity contribution is 6.32. The zero-order valence-corrected chi connectivity index (χ0v) is 9.37. The quantitative estimate of drug-likeness (QED) is 0.723. The van der Waals surface area contributed by atoms with Crippen molar-refractivity contribution in [1.82, 2.24) is 10.3 Å². The molecular weight excluding hydrogens is 187 g/mol. The molecule has 0 bridgehead atoms. The van der Waals surface area contributed by atoms with Crippen molar-refractivity contribution in [2.75, 3.05) is 0 Å². The largest absolute Gasteiger partial charge is 0.350 e. The number of nitrogens with one attached hydrogen (secondary N) is 1. The summed E-state index contributed by atoms with van der Waals surface area (Å²) in [4.78, 5) is 15.6. The van der Waals surface area contributed by atoms with E-state index in [9.17, 15) is 4.79 Å². The molecule has 1 rings (SSSR count). The van der Waals surface area contributed by atoms with Gasteiger partial charge in [0.2, 0.25) is 5.91 Å². The van der Waals surface area contributed by atoms with Gasteiger partial charge in [-0.25, -0.2) is 0 Å². The predicted molar refractivity (Wildman–Crippen MR) is 61.0 cm³/mol. The number of nitrogens with zero attached hydrogens (tertiary/aromatic N) is 1. The minimum absolute atomic E-state index is 0.000112. The summed E-state index contributed by atoms with van der Waals surface area (Å²) in [5, 5.41) is 2.80. The molecule has 1 heterocycles. The normalized spacial score (nSPS) is 10.4. The number of amides is 1. The van der Waals surface area contributed by atoms with Crippen LogP contribution in [0.25, 0.3) is 0 Å². The van der Waals surface area contributed by atoms with Crippen LogP contribution in [0.5, 0.6) is 0 Å². The number of carbonyl (C=O) groups is 1. The molecule has 2 radical (unpaired) electrons. The van der Waals surface area contributed by atoms with E-state index in [4.69, 9.17) is 7.85 Å². The highest BCUT2D eigenvalue weighted by atomic mass is 16.1. The number of rotatable bonds is 3. The molecule has 1 aromatic heterocycles. The van der Waals surface area contributed by atoms with E-state index < -0.39 is 0 Å². The van der Waals surface area contributed by atoms with Crippen LogP contribution in [-0.2, 0) is 11.3 Å². The standard InChI is InChI=1S/C11H15BN2O/c1-7(2)11(15)13-6-9-4-5-10(12)8(3)14-9/h4-5,7H,6H2,1-3H3,(H,13,15). The maximum atomic E-state index is 11.3. The second kappa shape index (κ2) is 4.96. The minimum atomic E-state index is -0.000112. The van der Waals surface area contributed by atoms with Crippen molar-refractivity contribution in [2.24, 2.45) is 5.92 Å². The van der Waals surface area contributed by atoms with Gasteiger partial charge < -0.3 is 5.32 Å². The monoisotopic (exact) mass is 202 g/mol. The van der Waals surface area contributed by atoms with Crippen LogP contribution in [0.2, 0.25) is 0 Å². The summed E-state index contributed by atoms with van der Waals surface area (Å²) in [7, 11) is 5.64. The van der Waals surface area contributed by atoms with E-state index in [2.05, 4.69) is 10.3 Å². The summed E-state index contributed by atoms with van der Waals surface area (Å²) >= 11 is 0. The van der Waals surface area contributed by atoms with Crippen molar-refractivity contribution in [1.29, 1.82) is 0 Å². The SMILES string of the molecule is [B]c1ccc(CNC(=O)C(C)C)nc1C. The van der Waals surface area contributed by atoms with Crippen molar-refractivity contribution < 1.29 is 4.79 Å². The Morgan fingerprint density at radius 1 is 1.53 bits per heavy atom. The number of hydrogen-bond acceptors (Lipinski definition) is 2. The van der Waals surface area contributed by atoms with Crippen molar-refractivity contribution >= 4 is 19.2 Å². The fourth-order valence-corrected chi connectivity index (χ4v) is 1.10. The van der Waals surface area contributed by atoms with E-state index in [0.717, 1.165) is 11.4 Å². The second-order valence-corrected chi connectivity index (χ2v) is 3.85. The first-order valence-corrected chi connectivity index (χ1v) is 5.00. The fourth-order valence-electron chi connectivity index (χ4n) is 1.10. The Morgan fingerprint density at radius 2 is 2.20 bits per heavy atom. The van der Waals surface area contributed by atoms with E-state index in [1.807, 2.05) is 26.8 Å². The third-order valence-electron chi connectivity index (χ3n) is 2.15. The van der Waals surface area contributed by atoms with Crippen LogP contribution < -0.4 is 10.8 Å². The summed E-state index contributed by atoms with van der Waals surface area (Å²) in [5.74, 6) is 0.0335. The molecule has 3 nitrogen and oxygen atoms in total. The molecule has 1 aromatic rings. The highest BCUT2D eigenvalue weighted by Gasteiger charge is 2.06. The van der Waals surface area contributed by atoms with Gasteiger partial charge in [-0.2, -0.15) is 0 Å². The van der Waals surface area contributed by atoms with Crippen molar-refractivity contribution in [2.45, 2.75) is 27.3 Å². The molecule has 1 amide bonds. The van der Waals surface area contributed by atoms with Gasteiger partial charge in [-0.05, 0) is 13.0 Å². The van der Waals surface area contributed by atoms with Gasteiger partial charge in [0.1, 0.15) is 7.85 Å². The van der Waals surface area contributed by atoms with Gasteiger partial charge in [0.05, 0.1) is 12.2 Å². The maximum absolute atomic E-state index is 11.3. The van der Waals surface area contributed by atoms with Gasteiger partial charge in [0.15, 0.2) is 0 Å². The Balaban J connectivity index is 2.58. The Morgan fingerprint density at radius 3 is 2.73 bits per heavy atom. The number of hydrogen-bond donors (Lipinski definition) is 1. The molecule has 0 spiro atoms. The molecule has 0 unspecified atom stereocenters. The summed E-state index contributed by atoms with van der Waals surface area (Å²) in [5.41, 5.74) is 2.30. The summed E-state index contributed by atoms with van der Waals surface area (Å²) < 4.78 is 0. The topological polar surface area (TPSA) is 42.0 Å². The number of carbonyl (C=O) groups excluding carboxylic acids is 1. The minimum Gasteiger partial charge on any atom is -0.350 e. The summed E-state index contributed by atoms with van der Waals surface area (Å²) in [6, 6.07) is 3.63. The maximum Gasteiger partial charge on any atom is 0.222 e. The first-order valence-electron chi connectivity index (χ1n) is 5.00. The number of aryl methyl sites for hydroxylation is 1. The first kappa shape index (κ1) is 11.8. The van der Waals surface area contributed by atoms with Crippen molar-refractivity contribution in [3.8, 4) is 0 Å². The summed E-state index contributed by atoms with van der Waals surface area (Å²) in [6.45, 7) is 6.02. The van der Waals surface area contributed by atoms with Gasteiger partial charge in [-0.3, -0.25) is 9.78 Å². The van der Waals surface area contributed by atoms with E-state index in [1.54, 1.807) is 6.07 Å². The van der Waals surface area contributed by atoms with E-state index in [1.165, 1.54) is 0 Å². The second-order valence-electron chi connectivity index (χ2n) is 3.85. The van der Waals surface area contributed by atoms with Crippen molar-refractivity contribution in [3.63, 3.8) is 0 Å². The third-order valence-corrected chi connectivity index (χ3v) is 2.15. The molecule has 0 aliphatic rings. The lowest BCUT2D eigenvalue weighted by Gasteiger charge is -2.08. The molecule has 0 atom stereocenters. The molecule has 0 fully saturated rings. The van der Waals surface area contributed by atoms with Gasteiger partial charge in [0, 0.05) is 11.6 Å². The van der Waals surface area contributed by atoms with Gasteiger partial charge in [-0.1, -0.05) is 25.4 Å². The fraction of sp³-hybridized carbons (Fsp3) is 0.455. The molecule has 15 heavy (non-hydrogen) atoms. The Hall–Kier alpha value is -1.32. The molecule has 4 heteroatoms. The molecule has 0 aliphatic heterocycles. The Labute approximate surface area is 91.7 Å². The first-order chi connectivity index (χ1) is 7.00. The van der Waals surface area contributed by atoms with Crippen molar-refractivity contribution in [3.05, 3.63) is 23.5 Å². The summed E-state index contributed by atoms with van der Waals surface area (Å²) in [6.07, 6.45) is 0. The van der Waals surface area contributed by atoms with Crippen LogP contribution >= 0.6 is 0 Å². The lowest BCUT2D eigenvalue weighted by molar-refractivity contribution is -0.124. The van der Waals surface area contributed by atoms with Crippen LogP contribution in [0.3, 0.4) is 0 Å². The average Bonchev–Trinajstić information content (AvgIpc) is 2.19. The van der Waals surface area contributed by atoms with E-state index in [-0.39, 0.29) is 11.8 Å². The Kier molecular flexibility index (Phi) is 3.89. The van der Waals surface area contributed by atoms with Crippen LogP contribution in [0.4, 0.5) is 0 Å². The van der Waals surface area contributed by atoms with Crippen LogP contribution in [0.15, 0.2) is 12.1 Å². The van der Waals surface area contributed by atoms with Gasteiger partial charge in [-0.15, -0.1) is 0 Å². The van der Waals surface area contributed by atoms with E-state index >= 15 is 0 Å². The zero-order valence-electron chi connectivity index (χ0n) is 9.37. The molecule has 0 aliphatic carbocycles. The van der Waals surface area contributed by atoms with Crippen LogP contribution in [0, 0.1) is 12.8 Å². The predicted octanol–water partition coefficient (Wildman–Crippen LogP) is 0.456. The molecule has 0 saturated carbocycles. The van der Waals surface area contributed by atoms with Gasteiger partial charge in [0.25, 0.3) is 0 Å². The average molecular weight is 202 g/mol. The lowest BCUT2D eigenvalue weighted by atomic mass is 9.94. The molecule has 0 saturated heterocycles. The van der Waals surface area contributed by atoms with Crippen LogP contribution in [0.1, 0.15) is 25.2 Å². The highest BCUT2D eigenvalue weighted by Crippen LogP contribution is 1.97. The Bertz CT molecular complexity index is 364. The number of aromatic nitrogens is 1. The molecule has 1 N–H and O–H groups in total. The molecule has 78 valence electrons. The van der Waals surface area contributed by atoms with E-state index in [0.29, 0.717) is 12.0 Å².